The van der Waals surface area contributed by atoms with E-state index in [4.69, 9.17) is 5.73 Å². The summed E-state index contributed by atoms with van der Waals surface area (Å²) in [5.74, 6) is -0.938. The Labute approximate surface area is 119 Å². The molecule has 0 saturated carbocycles. The molecule has 0 radical (unpaired) electrons. The van der Waals surface area contributed by atoms with Crippen molar-refractivity contribution >= 4 is 28.5 Å². The fourth-order valence-corrected chi connectivity index (χ4v) is 1.93. The van der Waals surface area contributed by atoms with Gasteiger partial charge in [-0.15, -0.1) is 0 Å². The van der Waals surface area contributed by atoms with Gasteiger partial charge >= 0.3 is 6.18 Å². The number of hydrogen-bond donors (Lipinski definition) is 1. The quantitative estimate of drug-likeness (QED) is 0.814. The number of aromatic nitrogens is 2. The summed E-state index contributed by atoms with van der Waals surface area (Å²) >= 11 is 2.00. The second-order valence-corrected chi connectivity index (χ2v) is 4.94. The Morgan fingerprint density at radius 3 is 2.53 bits per heavy atom. The van der Waals surface area contributed by atoms with Crippen molar-refractivity contribution in [3.05, 3.63) is 45.3 Å². The average Bonchev–Trinajstić information content (AvgIpc) is 2.73. The molecule has 100 valence electrons. The van der Waals surface area contributed by atoms with Crippen molar-refractivity contribution in [2.24, 2.45) is 5.73 Å². The lowest BCUT2D eigenvalue weighted by molar-refractivity contribution is -0.137. The highest BCUT2D eigenvalue weighted by Crippen LogP contribution is 2.31. The molecule has 0 fully saturated rings. The Bertz CT molecular complexity index is 636. The molecule has 0 atom stereocenters. The number of amides is 1. The Kier molecular flexibility index (Phi) is 3.52. The van der Waals surface area contributed by atoms with Crippen LogP contribution in [-0.2, 0) is 6.18 Å². The summed E-state index contributed by atoms with van der Waals surface area (Å²) < 4.78 is 39.9. The number of primary amides is 1. The highest BCUT2D eigenvalue weighted by Gasteiger charge is 2.31. The number of carbonyl (C=O) groups excluding carboxylic acids is 1. The minimum atomic E-state index is -4.53. The van der Waals surface area contributed by atoms with Crippen LogP contribution >= 0.6 is 22.6 Å². The van der Waals surface area contributed by atoms with Crippen LogP contribution in [0.25, 0.3) is 5.69 Å². The number of hydrogen-bond acceptors (Lipinski definition) is 2. The average molecular weight is 381 g/mol. The van der Waals surface area contributed by atoms with Crippen molar-refractivity contribution in [3.63, 3.8) is 0 Å². The molecule has 2 N–H and O–H groups in total. The summed E-state index contributed by atoms with van der Waals surface area (Å²) in [6.07, 6.45) is -1.43. The first-order valence-corrected chi connectivity index (χ1v) is 6.08. The van der Waals surface area contributed by atoms with Gasteiger partial charge in [0.2, 0.25) is 0 Å². The third-order valence-electron chi connectivity index (χ3n) is 2.39. The van der Waals surface area contributed by atoms with Crippen LogP contribution in [0.15, 0.2) is 30.6 Å². The van der Waals surface area contributed by atoms with E-state index in [0.29, 0.717) is 0 Å². The highest BCUT2D eigenvalue weighted by molar-refractivity contribution is 14.1. The van der Waals surface area contributed by atoms with E-state index in [0.717, 1.165) is 15.7 Å². The molecule has 1 amide bonds. The molecule has 0 aliphatic rings. The maximum Gasteiger partial charge on any atom is 0.416 e. The molecule has 1 heterocycles. The third kappa shape index (κ3) is 2.88. The number of halogens is 4. The lowest BCUT2D eigenvalue weighted by Gasteiger charge is -2.11. The number of rotatable bonds is 2. The lowest BCUT2D eigenvalue weighted by atomic mass is 10.1. The van der Waals surface area contributed by atoms with Gasteiger partial charge in [-0.2, -0.15) is 18.3 Å². The van der Waals surface area contributed by atoms with E-state index in [2.05, 4.69) is 5.10 Å². The molecule has 0 bridgehead atoms. The van der Waals surface area contributed by atoms with E-state index in [1.54, 1.807) is 6.20 Å². The topological polar surface area (TPSA) is 60.9 Å². The molecular weight excluding hydrogens is 374 g/mol. The van der Waals surface area contributed by atoms with Gasteiger partial charge < -0.3 is 5.73 Å². The third-order valence-corrected chi connectivity index (χ3v) is 2.94. The molecule has 0 saturated heterocycles. The van der Waals surface area contributed by atoms with Crippen LogP contribution < -0.4 is 5.73 Å². The Morgan fingerprint density at radius 1 is 1.37 bits per heavy atom. The van der Waals surface area contributed by atoms with Crippen molar-refractivity contribution in [3.8, 4) is 5.69 Å². The molecule has 1 aromatic heterocycles. The van der Waals surface area contributed by atoms with E-state index >= 15 is 0 Å². The van der Waals surface area contributed by atoms with Crippen molar-refractivity contribution in [2.75, 3.05) is 0 Å². The maximum atomic E-state index is 12.6. The van der Waals surface area contributed by atoms with Crippen molar-refractivity contribution in [2.45, 2.75) is 6.18 Å². The number of nitrogens with two attached hydrogens (primary N) is 1. The first-order chi connectivity index (χ1) is 8.79. The van der Waals surface area contributed by atoms with Gasteiger partial charge in [0.05, 0.1) is 26.6 Å². The molecule has 1 aromatic carbocycles. The smallest absolute Gasteiger partial charge is 0.366 e. The largest absolute Gasteiger partial charge is 0.416 e. The molecule has 0 spiro atoms. The zero-order valence-electron chi connectivity index (χ0n) is 9.28. The molecule has 0 unspecified atom stereocenters. The summed E-state index contributed by atoms with van der Waals surface area (Å²) in [6.45, 7) is 0. The Balaban J connectivity index is 2.60. The van der Waals surface area contributed by atoms with Gasteiger partial charge in [-0.05, 0) is 40.8 Å². The molecular formula is C11H7F3IN3O. The highest BCUT2D eigenvalue weighted by atomic mass is 127. The van der Waals surface area contributed by atoms with Crippen LogP contribution in [0.4, 0.5) is 13.2 Å². The summed E-state index contributed by atoms with van der Waals surface area (Å²) in [4.78, 5) is 11.3. The second kappa shape index (κ2) is 4.83. The predicted molar refractivity (Wildman–Crippen MR) is 69.8 cm³/mol. The fraction of sp³-hybridized carbons (Fsp3) is 0.0909. The first kappa shape index (κ1) is 13.8. The van der Waals surface area contributed by atoms with Gasteiger partial charge in [-0.1, -0.05) is 0 Å². The monoisotopic (exact) mass is 381 g/mol. The molecule has 4 nitrogen and oxygen atoms in total. The van der Waals surface area contributed by atoms with Gasteiger partial charge in [0.25, 0.3) is 5.91 Å². The van der Waals surface area contributed by atoms with Crippen LogP contribution in [0.1, 0.15) is 15.9 Å². The standard InChI is InChI=1S/C11H7F3IN3O/c12-11(13,14)6-1-2-9(8(3-6)10(16)19)18-5-7(15)4-17-18/h1-5H,(H2,16,19). The van der Waals surface area contributed by atoms with E-state index in [9.17, 15) is 18.0 Å². The van der Waals surface area contributed by atoms with Gasteiger partial charge in [0.1, 0.15) is 0 Å². The SMILES string of the molecule is NC(=O)c1cc(C(F)(F)F)ccc1-n1cc(I)cn1. The van der Waals surface area contributed by atoms with E-state index in [-0.39, 0.29) is 11.3 Å². The normalized spacial score (nSPS) is 11.6. The van der Waals surface area contributed by atoms with Crippen LogP contribution in [0, 0.1) is 3.57 Å². The fourth-order valence-electron chi connectivity index (χ4n) is 1.54. The summed E-state index contributed by atoms with van der Waals surface area (Å²) in [7, 11) is 0. The Hall–Kier alpha value is -1.58. The van der Waals surface area contributed by atoms with Crippen LogP contribution in [0.5, 0.6) is 0 Å². The molecule has 0 aliphatic carbocycles. The molecule has 19 heavy (non-hydrogen) atoms. The Morgan fingerprint density at radius 2 is 2.05 bits per heavy atom. The predicted octanol–water partition coefficient (Wildman–Crippen LogP) is 2.59. The van der Waals surface area contributed by atoms with Gasteiger partial charge in [-0.25, -0.2) is 4.68 Å². The van der Waals surface area contributed by atoms with Crippen LogP contribution in [0.2, 0.25) is 0 Å². The van der Waals surface area contributed by atoms with Crippen molar-refractivity contribution in [1.82, 2.24) is 9.78 Å². The van der Waals surface area contributed by atoms with Crippen LogP contribution in [0.3, 0.4) is 0 Å². The van der Waals surface area contributed by atoms with Crippen molar-refractivity contribution < 1.29 is 18.0 Å². The zero-order valence-corrected chi connectivity index (χ0v) is 11.4. The second-order valence-electron chi connectivity index (χ2n) is 3.70. The van der Waals surface area contributed by atoms with Crippen molar-refractivity contribution in [1.29, 1.82) is 0 Å². The number of benzene rings is 1. The lowest BCUT2D eigenvalue weighted by Crippen LogP contribution is -2.17. The molecule has 0 aliphatic heterocycles. The molecule has 2 rings (SSSR count). The van der Waals surface area contributed by atoms with E-state index in [1.807, 2.05) is 22.6 Å². The minimum absolute atomic E-state index is 0.211. The van der Waals surface area contributed by atoms with Gasteiger partial charge in [-0.3, -0.25) is 4.79 Å². The number of alkyl halides is 3. The molecule has 8 heteroatoms. The molecule has 2 aromatic rings. The summed E-state index contributed by atoms with van der Waals surface area (Å²) in [6, 6.07) is 2.79. The van der Waals surface area contributed by atoms with Crippen LogP contribution in [-0.4, -0.2) is 15.7 Å². The van der Waals surface area contributed by atoms with E-state index < -0.39 is 17.6 Å². The first-order valence-electron chi connectivity index (χ1n) is 5.00. The van der Waals surface area contributed by atoms with Gasteiger partial charge in [0, 0.05) is 6.20 Å². The number of carbonyl (C=O) groups is 1. The minimum Gasteiger partial charge on any atom is -0.366 e. The number of nitrogens with zero attached hydrogens (tertiary/aromatic N) is 2. The van der Waals surface area contributed by atoms with E-state index in [1.165, 1.54) is 16.9 Å². The summed E-state index contributed by atoms with van der Waals surface area (Å²) in [5.41, 5.74) is 4.18. The zero-order chi connectivity index (χ0) is 14.2. The van der Waals surface area contributed by atoms with Gasteiger partial charge in [0.15, 0.2) is 0 Å². The summed E-state index contributed by atoms with van der Waals surface area (Å²) in [5, 5.41) is 3.94. The maximum absolute atomic E-state index is 12.6.